The third kappa shape index (κ3) is 3.98. The van der Waals surface area contributed by atoms with Gasteiger partial charge in [0.2, 0.25) is 12.7 Å². The number of amides is 1. The molecule has 2 aromatic rings. The van der Waals surface area contributed by atoms with E-state index >= 15 is 0 Å². The Labute approximate surface area is 146 Å². The van der Waals surface area contributed by atoms with Crippen molar-refractivity contribution in [1.82, 2.24) is 9.88 Å². The van der Waals surface area contributed by atoms with Crippen LogP contribution in [0.3, 0.4) is 0 Å². The van der Waals surface area contributed by atoms with E-state index < -0.39 is 29.8 Å². The van der Waals surface area contributed by atoms with Crippen molar-refractivity contribution in [2.75, 3.05) is 13.3 Å². The average Bonchev–Trinajstić information content (AvgIpc) is 3.03. The summed E-state index contributed by atoms with van der Waals surface area (Å²) in [5.74, 6) is 0.734. The molecule has 1 N–H and O–H groups in total. The van der Waals surface area contributed by atoms with Crippen molar-refractivity contribution < 1.29 is 27.4 Å². The van der Waals surface area contributed by atoms with Gasteiger partial charge in [-0.3, -0.25) is 9.59 Å². The topological polar surface area (TPSA) is 69.6 Å². The van der Waals surface area contributed by atoms with Gasteiger partial charge in [0.25, 0.3) is 5.56 Å². The number of benzene rings is 1. The molecule has 9 heteroatoms. The molecule has 1 amide bonds. The first kappa shape index (κ1) is 17.8. The minimum Gasteiger partial charge on any atom is -0.454 e. The summed E-state index contributed by atoms with van der Waals surface area (Å²) in [4.78, 5) is 23.7. The second-order valence-corrected chi connectivity index (χ2v) is 5.64. The Bertz CT molecular complexity index is 877. The average molecular weight is 368 g/mol. The fourth-order valence-electron chi connectivity index (χ4n) is 2.53. The number of carbonyl (C=O) groups excluding carboxylic acids is 1. The highest BCUT2D eigenvalue weighted by Gasteiger charge is 2.34. The first-order valence-electron chi connectivity index (χ1n) is 7.76. The number of hydrogen-bond acceptors (Lipinski definition) is 4. The van der Waals surface area contributed by atoms with Gasteiger partial charge in [0.1, 0.15) is 12.1 Å². The lowest BCUT2D eigenvalue weighted by molar-refractivity contribution is -0.139. The fraction of sp³-hybridized carbons (Fsp3) is 0.294. The van der Waals surface area contributed by atoms with Crippen LogP contribution in [-0.2, 0) is 23.9 Å². The molecule has 138 valence electrons. The van der Waals surface area contributed by atoms with Gasteiger partial charge in [-0.2, -0.15) is 13.2 Å². The second-order valence-electron chi connectivity index (χ2n) is 5.64. The summed E-state index contributed by atoms with van der Waals surface area (Å²) in [6, 6.07) is 7.17. The Hall–Kier alpha value is -2.97. The molecule has 1 aromatic carbocycles. The number of aromatic nitrogens is 1. The number of carbonyl (C=O) groups is 1. The summed E-state index contributed by atoms with van der Waals surface area (Å²) < 4.78 is 49.3. The van der Waals surface area contributed by atoms with Gasteiger partial charge in [0.05, 0.1) is 0 Å². The van der Waals surface area contributed by atoms with Gasteiger partial charge in [-0.25, -0.2) is 0 Å². The van der Waals surface area contributed by atoms with E-state index in [2.05, 4.69) is 5.32 Å². The third-order valence-corrected chi connectivity index (χ3v) is 3.81. The molecule has 1 aliphatic rings. The number of halogens is 3. The predicted octanol–water partition coefficient (Wildman–Crippen LogP) is 1.95. The van der Waals surface area contributed by atoms with Crippen LogP contribution in [0.1, 0.15) is 11.1 Å². The number of hydrogen-bond donors (Lipinski definition) is 1. The first-order valence-corrected chi connectivity index (χ1v) is 7.76. The number of fused-ring (bicyclic) bond motifs is 1. The summed E-state index contributed by atoms with van der Waals surface area (Å²) in [6.45, 7) is -0.0443. The second kappa shape index (κ2) is 7.11. The normalized spacial score (nSPS) is 12.9. The molecule has 0 aliphatic carbocycles. The highest BCUT2D eigenvalue weighted by molar-refractivity contribution is 5.75. The van der Waals surface area contributed by atoms with Gasteiger partial charge >= 0.3 is 6.18 Å². The van der Waals surface area contributed by atoms with Crippen molar-refractivity contribution in [3.8, 4) is 11.5 Å². The first-order chi connectivity index (χ1) is 12.3. The zero-order valence-electron chi connectivity index (χ0n) is 13.5. The van der Waals surface area contributed by atoms with E-state index in [0.29, 0.717) is 24.0 Å². The smallest absolute Gasteiger partial charge is 0.421 e. The van der Waals surface area contributed by atoms with Crippen LogP contribution < -0.4 is 20.3 Å². The molecule has 3 rings (SSSR count). The number of ether oxygens (including phenoxy) is 2. The van der Waals surface area contributed by atoms with Crippen LogP contribution in [0.2, 0.25) is 0 Å². The summed E-state index contributed by atoms with van der Waals surface area (Å²) in [7, 11) is 0. The highest BCUT2D eigenvalue weighted by Crippen LogP contribution is 2.32. The summed E-state index contributed by atoms with van der Waals surface area (Å²) in [5, 5.41) is 2.58. The lowest BCUT2D eigenvalue weighted by Crippen LogP contribution is -2.35. The standard InChI is InChI=1S/C17H15F3N2O4/c18-17(19,20)12-2-1-7-22(16(12)24)9-15(23)21-6-5-11-3-4-13-14(8-11)26-10-25-13/h1-4,7-8H,5-6,9-10H2,(H,21,23). The number of nitrogens with one attached hydrogen (secondary N) is 1. The van der Waals surface area contributed by atoms with Gasteiger partial charge in [0, 0.05) is 12.7 Å². The van der Waals surface area contributed by atoms with Crippen LogP contribution in [0.5, 0.6) is 11.5 Å². The molecule has 0 saturated carbocycles. The number of pyridine rings is 1. The Balaban J connectivity index is 1.56. The zero-order valence-corrected chi connectivity index (χ0v) is 13.5. The molecule has 1 aliphatic heterocycles. The van der Waals surface area contributed by atoms with Gasteiger partial charge in [0.15, 0.2) is 11.5 Å². The van der Waals surface area contributed by atoms with E-state index in [4.69, 9.17) is 9.47 Å². The van der Waals surface area contributed by atoms with Crippen molar-refractivity contribution in [1.29, 1.82) is 0 Å². The Kier molecular flexibility index (Phi) is 4.88. The van der Waals surface area contributed by atoms with Gasteiger partial charge in [-0.15, -0.1) is 0 Å². The Morgan fingerprint density at radius 1 is 1.19 bits per heavy atom. The molecule has 0 bridgehead atoms. The molecular formula is C17H15F3N2O4. The summed E-state index contributed by atoms with van der Waals surface area (Å²) in [6.07, 6.45) is -3.11. The lowest BCUT2D eigenvalue weighted by atomic mass is 10.1. The summed E-state index contributed by atoms with van der Waals surface area (Å²) >= 11 is 0. The third-order valence-electron chi connectivity index (χ3n) is 3.81. The molecule has 26 heavy (non-hydrogen) atoms. The maximum absolute atomic E-state index is 12.7. The molecular weight excluding hydrogens is 353 g/mol. The molecule has 6 nitrogen and oxygen atoms in total. The minimum atomic E-state index is -4.75. The van der Waals surface area contributed by atoms with Crippen molar-refractivity contribution in [3.05, 3.63) is 58.0 Å². The number of nitrogens with zero attached hydrogens (tertiary/aromatic N) is 1. The molecule has 0 spiro atoms. The zero-order chi connectivity index (χ0) is 18.7. The maximum Gasteiger partial charge on any atom is 0.421 e. The Morgan fingerprint density at radius 3 is 2.73 bits per heavy atom. The van der Waals surface area contributed by atoms with Crippen molar-refractivity contribution in [2.45, 2.75) is 19.1 Å². The molecule has 0 radical (unpaired) electrons. The van der Waals surface area contributed by atoms with Crippen LogP contribution in [-0.4, -0.2) is 23.8 Å². The highest BCUT2D eigenvalue weighted by atomic mass is 19.4. The molecule has 0 fully saturated rings. The quantitative estimate of drug-likeness (QED) is 0.876. The molecule has 0 unspecified atom stereocenters. The lowest BCUT2D eigenvalue weighted by Gasteiger charge is -2.10. The summed E-state index contributed by atoms with van der Waals surface area (Å²) in [5.41, 5.74) is -1.63. The van der Waals surface area contributed by atoms with Gasteiger partial charge in [-0.1, -0.05) is 6.07 Å². The molecule has 0 atom stereocenters. The van der Waals surface area contributed by atoms with Crippen LogP contribution in [0.15, 0.2) is 41.3 Å². The van der Waals surface area contributed by atoms with Crippen molar-refractivity contribution >= 4 is 5.91 Å². The monoisotopic (exact) mass is 368 g/mol. The Morgan fingerprint density at radius 2 is 1.96 bits per heavy atom. The van der Waals surface area contributed by atoms with Crippen molar-refractivity contribution in [3.63, 3.8) is 0 Å². The predicted molar refractivity (Wildman–Crippen MR) is 85.0 cm³/mol. The molecule has 2 heterocycles. The van der Waals surface area contributed by atoms with Crippen molar-refractivity contribution in [2.24, 2.45) is 0 Å². The van der Waals surface area contributed by atoms with E-state index in [1.165, 1.54) is 0 Å². The molecule has 0 saturated heterocycles. The molecule has 1 aromatic heterocycles. The maximum atomic E-state index is 12.7. The number of rotatable bonds is 5. The van der Waals surface area contributed by atoms with Crippen LogP contribution in [0, 0.1) is 0 Å². The van der Waals surface area contributed by atoms with Gasteiger partial charge in [-0.05, 0) is 36.2 Å². The van der Waals surface area contributed by atoms with Crippen LogP contribution in [0.25, 0.3) is 0 Å². The van der Waals surface area contributed by atoms with Crippen LogP contribution >= 0.6 is 0 Å². The number of alkyl halides is 3. The largest absolute Gasteiger partial charge is 0.454 e. The van der Waals surface area contributed by atoms with E-state index in [0.717, 1.165) is 22.4 Å². The SMILES string of the molecule is O=C(Cn1cccc(C(F)(F)F)c1=O)NCCc1ccc2c(c1)OCO2. The van der Waals surface area contributed by atoms with Crippen LogP contribution in [0.4, 0.5) is 13.2 Å². The fourth-order valence-corrected chi connectivity index (χ4v) is 2.53. The van der Waals surface area contributed by atoms with Gasteiger partial charge < -0.3 is 19.4 Å². The van der Waals surface area contributed by atoms with E-state index in [9.17, 15) is 22.8 Å². The minimum absolute atomic E-state index is 0.168. The van der Waals surface area contributed by atoms with E-state index in [-0.39, 0.29) is 13.3 Å². The van der Waals surface area contributed by atoms with E-state index in [1.54, 1.807) is 12.1 Å². The van der Waals surface area contributed by atoms with E-state index in [1.807, 2.05) is 6.07 Å².